The van der Waals surface area contributed by atoms with Crippen LogP contribution >= 0.6 is 0 Å². The Kier molecular flexibility index (Phi) is 7.26. The Balaban J connectivity index is 1.08. The van der Waals surface area contributed by atoms with E-state index >= 15 is 0 Å². The number of nitrogens with one attached hydrogen (secondary N) is 1. The minimum absolute atomic E-state index is 0.526. The highest BCUT2D eigenvalue weighted by Crippen LogP contribution is 2.48. The van der Waals surface area contributed by atoms with E-state index in [4.69, 9.17) is 13.8 Å². The van der Waals surface area contributed by atoms with Gasteiger partial charge in [0.05, 0.1) is 27.9 Å². The van der Waals surface area contributed by atoms with Crippen molar-refractivity contribution in [3.8, 4) is 5.69 Å². The molecule has 1 atom stereocenters. The number of hydrogen-bond donors (Lipinski definition) is 1. The molecule has 16 rings (SSSR count). The molecule has 0 amide bonds. The van der Waals surface area contributed by atoms with Gasteiger partial charge in [-0.1, -0.05) is 121 Å². The zero-order valence-electron chi connectivity index (χ0n) is 36.9. The predicted octanol–water partition coefficient (Wildman–Crippen LogP) is 15.9. The van der Waals surface area contributed by atoms with E-state index in [1.807, 2.05) is 0 Å². The van der Waals surface area contributed by atoms with Gasteiger partial charge in [0, 0.05) is 60.2 Å². The zero-order chi connectivity index (χ0) is 44.2. The molecule has 0 saturated heterocycles. The number of furan rings is 2. The number of allylic oxidation sites excluding steroid dienone is 2. The lowest BCUT2D eigenvalue weighted by Crippen LogP contribution is -2.29. The van der Waals surface area contributed by atoms with Crippen LogP contribution in [-0.2, 0) is 6.42 Å². The van der Waals surface area contributed by atoms with E-state index in [0.717, 1.165) is 114 Å². The summed E-state index contributed by atoms with van der Waals surface area (Å²) in [5, 5.41) is 17.2. The molecule has 0 fully saturated rings. The van der Waals surface area contributed by atoms with Gasteiger partial charge in [-0.15, -0.1) is 0 Å². The first kappa shape index (κ1) is 36.6. The predicted molar refractivity (Wildman–Crippen MR) is 280 cm³/mol. The van der Waals surface area contributed by atoms with E-state index in [9.17, 15) is 0 Å². The normalized spacial score (nSPS) is 16.1. The Bertz CT molecular complexity index is 4440. The van der Waals surface area contributed by atoms with Crippen LogP contribution < -0.4 is 5.32 Å². The van der Waals surface area contributed by atoms with E-state index < -0.39 is 6.29 Å². The molecule has 4 aromatic heterocycles. The van der Waals surface area contributed by atoms with Crippen molar-refractivity contribution >= 4 is 116 Å². The van der Waals surface area contributed by atoms with Gasteiger partial charge in [-0.05, 0) is 125 Å². The Morgan fingerprint density at radius 1 is 0.485 bits per heavy atom. The molecule has 6 heteroatoms. The van der Waals surface area contributed by atoms with Crippen LogP contribution in [0.1, 0.15) is 47.9 Å². The molecule has 6 nitrogen and oxygen atoms in total. The van der Waals surface area contributed by atoms with Crippen molar-refractivity contribution in [1.29, 1.82) is 0 Å². The van der Waals surface area contributed by atoms with Crippen LogP contribution in [0.5, 0.6) is 0 Å². The molecule has 68 heavy (non-hydrogen) atoms. The molecule has 320 valence electrons. The van der Waals surface area contributed by atoms with Gasteiger partial charge in [-0.2, -0.15) is 0 Å². The van der Waals surface area contributed by atoms with Gasteiger partial charge in [0.1, 0.15) is 16.7 Å². The number of fused-ring (bicyclic) bond motifs is 22. The summed E-state index contributed by atoms with van der Waals surface area (Å²) >= 11 is 0. The first-order valence-electron chi connectivity index (χ1n) is 23.8. The van der Waals surface area contributed by atoms with Crippen molar-refractivity contribution in [2.75, 3.05) is 0 Å². The lowest BCUT2D eigenvalue weighted by atomic mass is 9.84. The van der Waals surface area contributed by atoms with Crippen LogP contribution in [0.2, 0.25) is 0 Å². The van der Waals surface area contributed by atoms with Crippen molar-refractivity contribution in [3.05, 3.63) is 209 Å². The van der Waals surface area contributed by atoms with Gasteiger partial charge >= 0.3 is 0 Å². The van der Waals surface area contributed by atoms with Crippen molar-refractivity contribution in [2.45, 2.75) is 32.0 Å². The summed E-state index contributed by atoms with van der Waals surface area (Å²) in [6.07, 6.45) is 5.33. The van der Waals surface area contributed by atoms with E-state index in [-0.39, 0.29) is 0 Å². The standard InChI is InChI=1S/C62H40N4O2/c1-3-14-37-32-54-48(30-35(37)12-1)43-25-24-39-33-53(43)65(54)60-45(27-26-44-49-31-36-13-2-4-15-38(36)34-57(49)68-61(44)60)50-29-28-40(39)59(47-19-11-23-56-58(47)46-18-7-10-22-55(46)67-56)64-62(63-50)66-51-20-8-5-16-41(51)42-17-6-9-21-52(42)66/h1-23,26-27,30-34,62,64H,24-25,28-29H2. The largest absolute Gasteiger partial charge is 0.456 e. The molecule has 0 spiro atoms. The van der Waals surface area contributed by atoms with E-state index in [0.29, 0.717) is 0 Å². The smallest absolute Gasteiger partial charge is 0.201 e. The fraction of sp³-hybridized carbons (Fsp3) is 0.0806. The second kappa shape index (κ2) is 13.5. The lowest BCUT2D eigenvalue weighted by Gasteiger charge is -2.31. The van der Waals surface area contributed by atoms with Gasteiger partial charge in [0.25, 0.3) is 0 Å². The Morgan fingerprint density at radius 3 is 1.96 bits per heavy atom. The van der Waals surface area contributed by atoms with Crippen LogP contribution in [0, 0.1) is 0 Å². The van der Waals surface area contributed by atoms with Gasteiger partial charge < -0.3 is 23.3 Å². The molecular formula is C62H40N4O2. The first-order valence-corrected chi connectivity index (χ1v) is 23.8. The summed E-state index contributed by atoms with van der Waals surface area (Å²) in [6.45, 7) is 0. The summed E-state index contributed by atoms with van der Waals surface area (Å²) < 4.78 is 18.8. The fourth-order valence-corrected chi connectivity index (χ4v) is 12.3. The molecule has 2 aliphatic heterocycles. The highest BCUT2D eigenvalue weighted by Gasteiger charge is 2.33. The van der Waals surface area contributed by atoms with Gasteiger partial charge in [0.15, 0.2) is 5.58 Å². The van der Waals surface area contributed by atoms with Crippen molar-refractivity contribution in [2.24, 2.45) is 4.99 Å². The van der Waals surface area contributed by atoms with E-state index in [1.54, 1.807) is 0 Å². The monoisotopic (exact) mass is 872 g/mol. The maximum absolute atomic E-state index is 7.26. The molecule has 1 aliphatic carbocycles. The Morgan fingerprint density at radius 2 is 1.16 bits per heavy atom. The summed E-state index contributed by atoms with van der Waals surface area (Å²) in [5.41, 5.74) is 17.6. The molecule has 9 aromatic carbocycles. The Hall–Kier alpha value is -8.61. The van der Waals surface area contributed by atoms with Crippen LogP contribution in [0.3, 0.4) is 0 Å². The summed E-state index contributed by atoms with van der Waals surface area (Å²) in [7, 11) is 0. The molecule has 6 heterocycles. The van der Waals surface area contributed by atoms with Crippen LogP contribution in [0.15, 0.2) is 201 Å². The number of rotatable bonds is 2. The molecular weight excluding hydrogens is 833 g/mol. The molecule has 4 bridgehead atoms. The average molecular weight is 873 g/mol. The van der Waals surface area contributed by atoms with Gasteiger partial charge in [0.2, 0.25) is 6.29 Å². The topological polar surface area (TPSA) is 60.5 Å². The SMILES string of the molecule is C1=C2CCc3c1n(c1cc4ccccc4cc31)-c1c(ccc3c1oc1cc4ccccc4cc13)C1=NC(n3c4ccccc4c4ccccc43)NC(c3cccc4oc5ccccc5c34)=C2CC1. The van der Waals surface area contributed by atoms with Crippen molar-refractivity contribution in [3.63, 3.8) is 0 Å². The summed E-state index contributed by atoms with van der Waals surface area (Å²) in [4.78, 5) is 6.05. The first-order chi connectivity index (χ1) is 33.7. The third kappa shape index (κ3) is 4.98. The van der Waals surface area contributed by atoms with Gasteiger partial charge in [-0.3, -0.25) is 0 Å². The Labute approximate surface area is 389 Å². The minimum atomic E-state index is -0.526. The molecule has 1 N–H and O–H groups in total. The second-order valence-electron chi connectivity index (χ2n) is 18.8. The second-order valence-corrected chi connectivity index (χ2v) is 18.8. The third-order valence-corrected chi connectivity index (χ3v) is 15.3. The molecule has 13 aromatic rings. The number of benzene rings is 9. The molecule has 3 aliphatic rings. The average Bonchev–Trinajstić information content (AvgIpc) is 4.12. The quantitative estimate of drug-likeness (QED) is 0.188. The number of aryl methyl sites for hydroxylation is 1. The van der Waals surface area contributed by atoms with Crippen LogP contribution in [0.25, 0.3) is 116 Å². The zero-order valence-corrected chi connectivity index (χ0v) is 36.9. The number of para-hydroxylation sites is 3. The van der Waals surface area contributed by atoms with Crippen LogP contribution in [-0.4, -0.2) is 14.8 Å². The van der Waals surface area contributed by atoms with Crippen LogP contribution in [0.4, 0.5) is 0 Å². The van der Waals surface area contributed by atoms with Gasteiger partial charge in [-0.25, -0.2) is 4.99 Å². The lowest BCUT2D eigenvalue weighted by molar-refractivity contribution is 0.506. The highest BCUT2D eigenvalue weighted by atomic mass is 16.3. The van der Waals surface area contributed by atoms with E-state index in [2.05, 4.69) is 196 Å². The maximum atomic E-state index is 7.26. The maximum Gasteiger partial charge on any atom is 0.201 e. The van der Waals surface area contributed by atoms with Crippen molar-refractivity contribution < 1.29 is 8.83 Å². The number of nitrogens with zero attached hydrogens (tertiary/aromatic N) is 3. The summed E-state index contributed by atoms with van der Waals surface area (Å²) in [5.74, 6) is 0. The van der Waals surface area contributed by atoms with E-state index in [1.165, 1.54) is 60.2 Å². The fourth-order valence-electron chi connectivity index (χ4n) is 12.3. The molecule has 0 radical (unpaired) electrons. The molecule has 1 unspecified atom stereocenters. The summed E-state index contributed by atoms with van der Waals surface area (Å²) in [6, 6.07) is 63.8. The van der Waals surface area contributed by atoms with Crippen molar-refractivity contribution in [1.82, 2.24) is 14.5 Å². The number of aromatic nitrogens is 2. The third-order valence-electron chi connectivity index (χ3n) is 15.3. The molecule has 0 saturated carbocycles. The highest BCUT2D eigenvalue weighted by molar-refractivity contribution is 6.18. The minimum Gasteiger partial charge on any atom is -0.456 e. The number of aliphatic imine (C=N–C) groups is 1. The number of hydrogen-bond acceptors (Lipinski definition) is 4.